The van der Waals surface area contributed by atoms with E-state index in [1.54, 1.807) is 0 Å². The maximum atomic E-state index is 9.87. The molecular formula is C18H40N2O4. The minimum Gasteiger partial charge on any atom is -0.389 e. The van der Waals surface area contributed by atoms with Crippen molar-refractivity contribution >= 4 is 0 Å². The summed E-state index contributed by atoms with van der Waals surface area (Å²) in [6, 6.07) is 0. The summed E-state index contributed by atoms with van der Waals surface area (Å²) in [4.78, 5) is 4.37. The predicted octanol–water partition coefficient (Wildman–Crippen LogP) is 1.21. The Morgan fingerprint density at radius 3 is 1.29 bits per heavy atom. The highest BCUT2D eigenvalue weighted by molar-refractivity contribution is 4.62. The largest absolute Gasteiger partial charge is 0.389 e. The maximum absolute atomic E-state index is 9.87. The normalized spacial score (nSPS) is 14.5. The van der Waals surface area contributed by atoms with Gasteiger partial charge in [-0.05, 0) is 39.0 Å². The van der Waals surface area contributed by atoms with E-state index in [4.69, 9.17) is 9.47 Å². The smallest absolute Gasteiger partial charge is 0.0900 e. The molecule has 146 valence electrons. The lowest BCUT2D eigenvalue weighted by Gasteiger charge is -2.22. The van der Waals surface area contributed by atoms with Crippen molar-refractivity contribution in [2.75, 3.05) is 65.7 Å². The van der Waals surface area contributed by atoms with Gasteiger partial charge >= 0.3 is 0 Å². The Hall–Kier alpha value is -0.240. The molecule has 0 saturated heterocycles. The number of rotatable bonds is 17. The molecule has 6 heteroatoms. The lowest BCUT2D eigenvalue weighted by Crippen LogP contribution is -2.34. The number of aliphatic hydroxyl groups is 2. The number of aliphatic hydroxyl groups excluding tert-OH is 2. The third-order valence-corrected chi connectivity index (χ3v) is 4.17. The van der Waals surface area contributed by atoms with Gasteiger partial charge in [0.2, 0.25) is 0 Å². The molecule has 24 heavy (non-hydrogen) atoms. The summed E-state index contributed by atoms with van der Waals surface area (Å²) in [5, 5.41) is 19.7. The molecule has 0 radical (unpaired) electrons. The average molecular weight is 349 g/mol. The van der Waals surface area contributed by atoms with Gasteiger partial charge in [0.25, 0.3) is 0 Å². The van der Waals surface area contributed by atoms with E-state index >= 15 is 0 Å². The van der Waals surface area contributed by atoms with Crippen LogP contribution in [0, 0.1) is 0 Å². The van der Waals surface area contributed by atoms with Gasteiger partial charge in [0.1, 0.15) is 0 Å². The van der Waals surface area contributed by atoms with Gasteiger partial charge in [0.15, 0.2) is 0 Å². The second kappa shape index (κ2) is 16.2. The molecule has 0 amide bonds. The Morgan fingerprint density at radius 2 is 1.00 bits per heavy atom. The number of nitrogens with zero attached hydrogens (tertiary/aromatic N) is 2. The number of hydrogen-bond acceptors (Lipinski definition) is 6. The average Bonchev–Trinajstić information content (AvgIpc) is 2.59. The molecule has 0 saturated carbocycles. The van der Waals surface area contributed by atoms with Gasteiger partial charge in [0.05, 0.1) is 25.4 Å². The van der Waals surface area contributed by atoms with Crippen LogP contribution < -0.4 is 0 Å². The van der Waals surface area contributed by atoms with Gasteiger partial charge < -0.3 is 29.5 Å². The molecule has 0 spiro atoms. The first-order valence-corrected chi connectivity index (χ1v) is 9.53. The predicted molar refractivity (Wildman–Crippen MR) is 98.5 cm³/mol. The van der Waals surface area contributed by atoms with E-state index < -0.39 is 12.2 Å². The van der Waals surface area contributed by atoms with Crippen LogP contribution in [0.15, 0.2) is 0 Å². The van der Waals surface area contributed by atoms with Crippen LogP contribution in [0.1, 0.15) is 40.5 Å². The van der Waals surface area contributed by atoms with Gasteiger partial charge in [-0.25, -0.2) is 0 Å². The number of hydrogen-bond donors (Lipinski definition) is 2. The van der Waals surface area contributed by atoms with E-state index in [0.29, 0.717) is 39.5 Å². The zero-order valence-electron chi connectivity index (χ0n) is 16.2. The SMILES string of the molecule is CCN(CC)CC(O)COCCCCOCC(O)CN(CC)CC. The van der Waals surface area contributed by atoms with Crippen LogP contribution in [0.25, 0.3) is 0 Å². The molecule has 0 fully saturated rings. The fourth-order valence-electron chi connectivity index (χ4n) is 2.51. The number of unbranched alkanes of at least 4 members (excludes halogenated alkanes) is 1. The summed E-state index contributed by atoms with van der Waals surface area (Å²) in [6.07, 6.45) is 0.974. The fraction of sp³-hybridized carbons (Fsp3) is 1.00. The number of ether oxygens (including phenoxy) is 2. The van der Waals surface area contributed by atoms with E-state index in [0.717, 1.165) is 39.0 Å². The van der Waals surface area contributed by atoms with Crippen molar-refractivity contribution in [3.05, 3.63) is 0 Å². The van der Waals surface area contributed by atoms with Gasteiger partial charge in [0, 0.05) is 26.3 Å². The molecule has 0 aromatic carbocycles. The Labute approximate surface area is 148 Å². The van der Waals surface area contributed by atoms with Crippen LogP contribution in [0.4, 0.5) is 0 Å². The lowest BCUT2D eigenvalue weighted by molar-refractivity contribution is 0.00579. The molecule has 0 rings (SSSR count). The molecule has 0 aromatic rings. The number of likely N-dealkylation sites (N-methyl/N-ethyl adjacent to an activating group) is 2. The molecular weight excluding hydrogens is 308 g/mol. The van der Waals surface area contributed by atoms with Crippen molar-refractivity contribution in [3.8, 4) is 0 Å². The van der Waals surface area contributed by atoms with Crippen molar-refractivity contribution in [1.29, 1.82) is 0 Å². The minimum absolute atomic E-state index is 0.389. The lowest BCUT2D eigenvalue weighted by atomic mass is 10.3. The van der Waals surface area contributed by atoms with Crippen LogP contribution >= 0.6 is 0 Å². The summed E-state index contributed by atoms with van der Waals surface area (Å²) >= 11 is 0. The molecule has 2 unspecified atom stereocenters. The molecule has 2 N–H and O–H groups in total. The summed E-state index contributed by atoms with van der Waals surface area (Å²) in [7, 11) is 0. The van der Waals surface area contributed by atoms with E-state index in [1.165, 1.54) is 0 Å². The maximum Gasteiger partial charge on any atom is 0.0900 e. The first kappa shape index (κ1) is 23.8. The Bertz CT molecular complexity index is 235. The van der Waals surface area contributed by atoms with Crippen molar-refractivity contribution in [2.45, 2.75) is 52.7 Å². The molecule has 0 aliphatic carbocycles. The highest BCUT2D eigenvalue weighted by Crippen LogP contribution is 1.98. The van der Waals surface area contributed by atoms with Crippen molar-refractivity contribution in [2.24, 2.45) is 0 Å². The van der Waals surface area contributed by atoms with Gasteiger partial charge in [-0.15, -0.1) is 0 Å². The highest BCUT2D eigenvalue weighted by Gasteiger charge is 2.10. The summed E-state index contributed by atoms with van der Waals surface area (Å²) in [5.74, 6) is 0. The Kier molecular flexibility index (Phi) is 16.1. The Morgan fingerprint density at radius 1 is 0.667 bits per heavy atom. The standard InChI is InChI=1S/C18H40N2O4/c1-5-19(6-2)13-17(21)15-23-11-9-10-12-24-16-18(22)14-20(7-3)8-4/h17-18,21-22H,5-16H2,1-4H3. The van der Waals surface area contributed by atoms with E-state index in [2.05, 4.69) is 37.5 Å². The quantitative estimate of drug-likeness (QED) is 0.385. The van der Waals surface area contributed by atoms with Crippen molar-refractivity contribution in [1.82, 2.24) is 9.80 Å². The van der Waals surface area contributed by atoms with Crippen molar-refractivity contribution in [3.63, 3.8) is 0 Å². The first-order chi connectivity index (χ1) is 11.6. The monoisotopic (exact) mass is 348 g/mol. The minimum atomic E-state index is -0.420. The fourth-order valence-corrected chi connectivity index (χ4v) is 2.51. The molecule has 6 nitrogen and oxygen atoms in total. The van der Waals surface area contributed by atoms with E-state index in [-0.39, 0.29) is 0 Å². The molecule has 2 atom stereocenters. The van der Waals surface area contributed by atoms with Crippen LogP contribution in [-0.2, 0) is 9.47 Å². The van der Waals surface area contributed by atoms with Crippen LogP contribution in [0.5, 0.6) is 0 Å². The molecule has 0 aromatic heterocycles. The molecule has 0 aliphatic rings. The summed E-state index contributed by atoms with van der Waals surface area (Å²) in [5.41, 5.74) is 0. The third-order valence-electron chi connectivity index (χ3n) is 4.17. The zero-order chi connectivity index (χ0) is 18.2. The topological polar surface area (TPSA) is 65.4 Å². The zero-order valence-corrected chi connectivity index (χ0v) is 16.2. The second-order valence-corrected chi connectivity index (χ2v) is 6.14. The molecule has 0 bridgehead atoms. The Balaban J connectivity index is 3.44. The van der Waals surface area contributed by atoms with Gasteiger partial charge in [-0.2, -0.15) is 0 Å². The third kappa shape index (κ3) is 13.1. The van der Waals surface area contributed by atoms with E-state index in [1.807, 2.05) is 0 Å². The second-order valence-electron chi connectivity index (χ2n) is 6.14. The van der Waals surface area contributed by atoms with Gasteiger partial charge in [-0.3, -0.25) is 0 Å². The molecule has 0 heterocycles. The molecule has 0 aliphatic heterocycles. The highest BCUT2D eigenvalue weighted by atomic mass is 16.5. The first-order valence-electron chi connectivity index (χ1n) is 9.53. The van der Waals surface area contributed by atoms with Gasteiger partial charge in [-0.1, -0.05) is 27.7 Å². The van der Waals surface area contributed by atoms with Crippen LogP contribution in [-0.4, -0.2) is 97.9 Å². The van der Waals surface area contributed by atoms with E-state index in [9.17, 15) is 10.2 Å². The van der Waals surface area contributed by atoms with Crippen LogP contribution in [0.3, 0.4) is 0 Å². The van der Waals surface area contributed by atoms with Crippen LogP contribution in [0.2, 0.25) is 0 Å². The van der Waals surface area contributed by atoms with Crippen molar-refractivity contribution < 1.29 is 19.7 Å². The summed E-state index contributed by atoms with van der Waals surface area (Å²) in [6.45, 7) is 15.6. The summed E-state index contributed by atoms with van der Waals surface area (Å²) < 4.78 is 11.0.